The molecule has 0 radical (unpaired) electrons. The second-order valence-corrected chi connectivity index (χ2v) is 5.39. The van der Waals surface area contributed by atoms with Crippen LogP contribution in [0.5, 0.6) is 5.75 Å². The number of cyclic esters (lactones) is 1. The van der Waals surface area contributed by atoms with E-state index in [0.29, 0.717) is 17.3 Å². The Hall–Kier alpha value is -3.21. The summed E-state index contributed by atoms with van der Waals surface area (Å²) in [4.78, 5) is 21.3. The van der Waals surface area contributed by atoms with E-state index in [1.807, 2.05) is 54.6 Å². The Morgan fingerprint density at radius 2 is 1.79 bits per heavy atom. The molecule has 1 aliphatic rings. The lowest BCUT2D eigenvalue weighted by Gasteiger charge is -2.09. The summed E-state index contributed by atoms with van der Waals surface area (Å²) in [6.45, 7) is 0. The number of carbonyl (C=O) groups is 1. The van der Waals surface area contributed by atoms with E-state index in [-0.39, 0.29) is 0 Å². The Bertz CT molecular complexity index is 951. The highest BCUT2D eigenvalue weighted by atomic mass is 16.6. The SMILES string of the molecule is COc1cc(C2N=C(c3ccccc3)OC2=O)nc2ccccc12. The van der Waals surface area contributed by atoms with Crippen LogP contribution < -0.4 is 4.74 Å². The first kappa shape index (κ1) is 14.4. The van der Waals surface area contributed by atoms with Crippen LogP contribution in [0.25, 0.3) is 10.9 Å². The zero-order valence-electron chi connectivity index (χ0n) is 13.0. The molecule has 0 bridgehead atoms. The highest BCUT2D eigenvalue weighted by molar-refractivity contribution is 6.06. The normalized spacial score (nSPS) is 16.8. The van der Waals surface area contributed by atoms with Crippen molar-refractivity contribution in [2.75, 3.05) is 7.11 Å². The third kappa shape index (κ3) is 2.40. The molecular weight excluding hydrogens is 304 g/mol. The van der Waals surface area contributed by atoms with Gasteiger partial charge in [-0.05, 0) is 24.3 Å². The van der Waals surface area contributed by atoms with Crippen molar-refractivity contribution >= 4 is 22.8 Å². The number of esters is 1. The molecule has 2 heterocycles. The van der Waals surface area contributed by atoms with Crippen LogP contribution in [0.1, 0.15) is 17.3 Å². The number of nitrogens with zero attached hydrogens (tertiary/aromatic N) is 2. The average Bonchev–Trinajstić information content (AvgIpc) is 3.03. The molecule has 5 nitrogen and oxygen atoms in total. The zero-order chi connectivity index (χ0) is 16.5. The molecule has 0 N–H and O–H groups in total. The fourth-order valence-electron chi connectivity index (χ4n) is 2.72. The minimum absolute atomic E-state index is 0.319. The summed E-state index contributed by atoms with van der Waals surface area (Å²) in [7, 11) is 1.59. The molecule has 1 aromatic heterocycles. The van der Waals surface area contributed by atoms with Gasteiger partial charge >= 0.3 is 5.97 Å². The number of carbonyl (C=O) groups excluding carboxylic acids is 1. The summed E-state index contributed by atoms with van der Waals surface area (Å²) in [6.07, 6.45) is 0. The summed E-state index contributed by atoms with van der Waals surface area (Å²) < 4.78 is 10.8. The van der Waals surface area contributed by atoms with E-state index in [9.17, 15) is 4.79 Å². The number of ether oxygens (including phenoxy) is 2. The maximum atomic E-state index is 12.3. The van der Waals surface area contributed by atoms with Crippen LogP contribution in [0.4, 0.5) is 0 Å². The van der Waals surface area contributed by atoms with Gasteiger partial charge in [-0.15, -0.1) is 0 Å². The molecule has 0 amide bonds. The predicted octanol–water partition coefficient (Wildman–Crippen LogP) is 3.29. The number of hydrogen-bond acceptors (Lipinski definition) is 5. The van der Waals surface area contributed by atoms with Crippen molar-refractivity contribution < 1.29 is 14.3 Å². The van der Waals surface area contributed by atoms with Gasteiger partial charge in [0.25, 0.3) is 0 Å². The third-order valence-corrected chi connectivity index (χ3v) is 3.89. The summed E-state index contributed by atoms with van der Waals surface area (Å²) in [6, 6.07) is 17.9. The summed E-state index contributed by atoms with van der Waals surface area (Å²) in [5, 5.41) is 0.891. The molecule has 118 valence electrons. The largest absolute Gasteiger partial charge is 0.496 e. The van der Waals surface area contributed by atoms with Gasteiger partial charge in [-0.3, -0.25) is 0 Å². The van der Waals surface area contributed by atoms with Crippen molar-refractivity contribution in [3.8, 4) is 5.75 Å². The minimum atomic E-state index is -0.779. The second kappa shape index (κ2) is 5.77. The van der Waals surface area contributed by atoms with Gasteiger partial charge in [0.1, 0.15) is 5.75 Å². The number of aromatic nitrogens is 1. The van der Waals surface area contributed by atoms with Crippen LogP contribution in [-0.2, 0) is 9.53 Å². The van der Waals surface area contributed by atoms with Gasteiger partial charge in [0.15, 0.2) is 6.04 Å². The first-order chi connectivity index (χ1) is 11.8. The Morgan fingerprint density at radius 1 is 1.04 bits per heavy atom. The lowest BCUT2D eigenvalue weighted by molar-refractivity contribution is -0.135. The molecule has 3 aromatic rings. The predicted molar refractivity (Wildman–Crippen MR) is 90.1 cm³/mol. The molecule has 2 aromatic carbocycles. The van der Waals surface area contributed by atoms with Crippen molar-refractivity contribution in [1.29, 1.82) is 0 Å². The molecule has 1 unspecified atom stereocenters. The van der Waals surface area contributed by atoms with Crippen LogP contribution in [0.2, 0.25) is 0 Å². The third-order valence-electron chi connectivity index (χ3n) is 3.89. The molecule has 0 saturated heterocycles. The van der Waals surface area contributed by atoms with Crippen LogP contribution in [-0.4, -0.2) is 24.0 Å². The van der Waals surface area contributed by atoms with Crippen LogP contribution >= 0.6 is 0 Å². The quantitative estimate of drug-likeness (QED) is 0.695. The fourth-order valence-corrected chi connectivity index (χ4v) is 2.72. The van der Waals surface area contributed by atoms with Crippen LogP contribution in [0, 0.1) is 0 Å². The molecule has 0 saturated carbocycles. The molecule has 0 fully saturated rings. The number of hydrogen-bond donors (Lipinski definition) is 0. The van der Waals surface area contributed by atoms with Gasteiger partial charge < -0.3 is 9.47 Å². The highest BCUT2D eigenvalue weighted by Crippen LogP contribution is 2.31. The first-order valence-corrected chi connectivity index (χ1v) is 7.55. The van der Waals surface area contributed by atoms with Gasteiger partial charge in [-0.2, -0.15) is 0 Å². The Morgan fingerprint density at radius 3 is 2.58 bits per heavy atom. The molecule has 0 aliphatic carbocycles. The topological polar surface area (TPSA) is 60.8 Å². The van der Waals surface area contributed by atoms with Crippen molar-refractivity contribution in [3.63, 3.8) is 0 Å². The average molecular weight is 318 g/mol. The molecule has 1 atom stereocenters. The van der Waals surface area contributed by atoms with Crippen molar-refractivity contribution in [2.24, 2.45) is 4.99 Å². The van der Waals surface area contributed by atoms with E-state index in [0.717, 1.165) is 16.5 Å². The minimum Gasteiger partial charge on any atom is -0.496 e. The molecule has 0 spiro atoms. The number of aliphatic imine (C=N–C) groups is 1. The van der Waals surface area contributed by atoms with Gasteiger partial charge in [0, 0.05) is 17.0 Å². The smallest absolute Gasteiger partial charge is 0.344 e. The van der Waals surface area contributed by atoms with Crippen molar-refractivity contribution in [3.05, 3.63) is 71.9 Å². The first-order valence-electron chi connectivity index (χ1n) is 7.55. The van der Waals surface area contributed by atoms with E-state index < -0.39 is 12.0 Å². The van der Waals surface area contributed by atoms with E-state index in [2.05, 4.69) is 9.98 Å². The number of fused-ring (bicyclic) bond motifs is 1. The molecule has 4 rings (SSSR count). The lowest BCUT2D eigenvalue weighted by Crippen LogP contribution is -2.10. The summed E-state index contributed by atoms with van der Waals surface area (Å²) >= 11 is 0. The van der Waals surface area contributed by atoms with Crippen LogP contribution in [0.15, 0.2) is 65.7 Å². The monoisotopic (exact) mass is 318 g/mol. The highest BCUT2D eigenvalue weighted by Gasteiger charge is 2.33. The molecule has 1 aliphatic heterocycles. The maximum absolute atomic E-state index is 12.3. The van der Waals surface area contributed by atoms with Gasteiger partial charge in [-0.25, -0.2) is 14.8 Å². The number of pyridine rings is 1. The molecular formula is C19H14N2O3. The van der Waals surface area contributed by atoms with Crippen LogP contribution in [0.3, 0.4) is 0 Å². The molecule has 24 heavy (non-hydrogen) atoms. The van der Waals surface area contributed by atoms with E-state index in [1.54, 1.807) is 13.2 Å². The Kier molecular flexibility index (Phi) is 3.46. The van der Waals surface area contributed by atoms with E-state index >= 15 is 0 Å². The van der Waals surface area contributed by atoms with Crippen molar-refractivity contribution in [2.45, 2.75) is 6.04 Å². The maximum Gasteiger partial charge on any atom is 0.344 e. The van der Waals surface area contributed by atoms with Gasteiger partial charge in [-0.1, -0.05) is 30.3 Å². The number of para-hydroxylation sites is 1. The summed E-state index contributed by atoms with van der Waals surface area (Å²) in [5.74, 6) is 0.546. The zero-order valence-corrected chi connectivity index (χ0v) is 13.0. The fraction of sp³-hybridized carbons (Fsp3) is 0.105. The number of benzene rings is 2. The number of methoxy groups -OCH3 is 1. The van der Waals surface area contributed by atoms with Crippen molar-refractivity contribution in [1.82, 2.24) is 4.98 Å². The second-order valence-electron chi connectivity index (χ2n) is 5.39. The van der Waals surface area contributed by atoms with Gasteiger partial charge in [0.2, 0.25) is 5.90 Å². The Labute approximate surface area is 138 Å². The van der Waals surface area contributed by atoms with Gasteiger partial charge in [0.05, 0.1) is 18.3 Å². The Balaban J connectivity index is 1.79. The standard InChI is InChI=1S/C19H14N2O3/c1-23-16-11-15(20-14-10-6-5-9-13(14)16)17-19(22)24-18(21-17)12-7-3-2-4-8-12/h2-11,17H,1H3. The van der Waals surface area contributed by atoms with E-state index in [1.165, 1.54) is 0 Å². The molecule has 5 heteroatoms. The lowest BCUT2D eigenvalue weighted by atomic mass is 10.1. The summed E-state index contributed by atoms with van der Waals surface area (Å²) in [5.41, 5.74) is 2.03. The number of rotatable bonds is 3. The van der Waals surface area contributed by atoms with E-state index in [4.69, 9.17) is 9.47 Å².